The number of hydrogen-bond donors (Lipinski definition) is 1. The third-order valence-electron chi connectivity index (χ3n) is 5.17. The Hall–Kier alpha value is -2.64. The first-order chi connectivity index (χ1) is 15.0. The largest absolute Gasteiger partial charge is 0.494 e. The van der Waals surface area contributed by atoms with Crippen LogP contribution in [0.5, 0.6) is 5.75 Å². The lowest BCUT2D eigenvalue weighted by atomic mass is 10.2. The Morgan fingerprint density at radius 1 is 1.10 bits per heavy atom. The number of nitrogens with zero attached hydrogens (tertiary/aromatic N) is 2. The molecule has 1 aliphatic heterocycles. The zero-order valence-corrected chi connectivity index (χ0v) is 18.3. The fraction of sp³-hybridized carbons (Fsp3) is 0.391. The van der Waals surface area contributed by atoms with Crippen LogP contribution in [0.3, 0.4) is 0 Å². The van der Waals surface area contributed by atoms with Crippen LogP contribution >= 0.6 is 11.6 Å². The van der Waals surface area contributed by atoms with Gasteiger partial charge >= 0.3 is 0 Å². The van der Waals surface area contributed by atoms with Crippen molar-refractivity contribution >= 4 is 23.4 Å². The van der Waals surface area contributed by atoms with Crippen molar-refractivity contribution in [1.29, 1.82) is 0 Å². The van der Waals surface area contributed by atoms with Crippen molar-refractivity contribution in [2.45, 2.75) is 19.9 Å². The van der Waals surface area contributed by atoms with E-state index in [4.69, 9.17) is 16.3 Å². The van der Waals surface area contributed by atoms with Crippen LogP contribution in [0.2, 0.25) is 5.02 Å². The Balaban J connectivity index is 1.38. The van der Waals surface area contributed by atoms with Gasteiger partial charge in [-0.2, -0.15) is 0 Å². The van der Waals surface area contributed by atoms with Gasteiger partial charge in [-0.1, -0.05) is 23.7 Å². The van der Waals surface area contributed by atoms with E-state index in [-0.39, 0.29) is 29.5 Å². The van der Waals surface area contributed by atoms with Crippen LogP contribution in [-0.2, 0) is 11.3 Å². The average Bonchev–Trinajstić information content (AvgIpc) is 2.75. The van der Waals surface area contributed by atoms with E-state index in [0.29, 0.717) is 19.7 Å². The van der Waals surface area contributed by atoms with Gasteiger partial charge in [-0.25, -0.2) is 4.39 Å². The predicted octanol–water partition coefficient (Wildman–Crippen LogP) is 3.34. The lowest BCUT2D eigenvalue weighted by Crippen LogP contribution is -2.48. The van der Waals surface area contributed by atoms with Crippen LogP contribution in [0.4, 0.5) is 4.39 Å². The van der Waals surface area contributed by atoms with Gasteiger partial charge in [0, 0.05) is 45.7 Å². The molecule has 0 aromatic heterocycles. The van der Waals surface area contributed by atoms with Gasteiger partial charge in [-0.3, -0.25) is 14.5 Å². The van der Waals surface area contributed by atoms with E-state index in [9.17, 15) is 14.0 Å². The van der Waals surface area contributed by atoms with E-state index in [1.165, 1.54) is 17.7 Å². The molecule has 1 saturated heterocycles. The summed E-state index contributed by atoms with van der Waals surface area (Å²) in [5.41, 5.74) is 1.41. The van der Waals surface area contributed by atoms with Crippen molar-refractivity contribution in [1.82, 2.24) is 15.1 Å². The quantitative estimate of drug-likeness (QED) is 0.674. The molecule has 0 aliphatic carbocycles. The van der Waals surface area contributed by atoms with Crippen molar-refractivity contribution in [3.8, 4) is 5.75 Å². The molecule has 1 aliphatic rings. The Morgan fingerprint density at radius 3 is 2.45 bits per heavy atom. The fourth-order valence-electron chi connectivity index (χ4n) is 3.48. The van der Waals surface area contributed by atoms with Crippen molar-refractivity contribution in [3.05, 3.63) is 64.4 Å². The van der Waals surface area contributed by atoms with E-state index in [0.717, 1.165) is 31.5 Å². The highest BCUT2D eigenvalue weighted by Crippen LogP contribution is 2.17. The molecular formula is C23H27ClFN3O3. The number of hydrogen-bond acceptors (Lipinski definition) is 4. The molecule has 8 heteroatoms. The van der Waals surface area contributed by atoms with Gasteiger partial charge in [-0.15, -0.1) is 0 Å². The number of carbonyl (C=O) groups is 2. The molecule has 2 amide bonds. The van der Waals surface area contributed by atoms with Gasteiger partial charge < -0.3 is 15.0 Å². The average molecular weight is 448 g/mol. The number of halogens is 2. The van der Waals surface area contributed by atoms with Crippen LogP contribution in [-0.4, -0.2) is 60.9 Å². The maximum absolute atomic E-state index is 13.1. The molecule has 1 fully saturated rings. The molecular weight excluding hydrogens is 421 g/mol. The van der Waals surface area contributed by atoms with E-state index >= 15 is 0 Å². The minimum atomic E-state index is -0.501. The van der Waals surface area contributed by atoms with Gasteiger partial charge in [0.05, 0.1) is 17.2 Å². The van der Waals surface area contributed by atoms with E-state index in [2.05, 4.69) is 22.3 Å². The van der Waals surface area contributed by atoms with E-state index in [1.807, 2.05) is 24.0 Å². The number of rotatable bonds is 8. The summed E-state index contributed by atoms with van der Waals surface area (Å²) in [4.78, 5) is 28.8. The molecule has 0 bridgehead atoms. The third-order valence-corrected chi connectivity index (χ3v) is 5.48. The minimum absolute atomic E-state index is 0.00576. The lowest BCUT2D eigenvalue weighted by molar-refractivity contribution is -0.132. The molecule has 1 heterocycles. The fourth-order valence-corrected chi connectivity index (χ4v) is 3.73. The van der Waals surface area contributed by atoms with Crippen molar-refractivity contribution in [2.75, 3.05) is 39.3 Å². The molecule has 0 atom stereocenters. The summed E-state index contributed by atoms with van der Waals surface area (Å²) in [5.74, 6) is -0.0435. The van der Waals surface area contributed by atoms with E-state index in [1.54, 1.807) is 0 Å². The molecule has 0 saturated carbocycles. The second-order valence-electron chi connectivity index (χ2n) is 7.36. The number of amides is 2. The monoisotopic (exact) mass is 447 g/mol. The topological polar surface area (TPSA) is 61.9 Å². The number of carbonyl (C=O) groups excluding carboxylic acids is 2. The maximum atomic E-state index is 13.1. The highest BCUT2D eigenvalue weighted by atomic mass is 35.5. The van der Waals surface area contributed by atoms with Crippen LogP contribution in [0, 0.1) is 5.82 Å². The van der Waals surface area contributed by atoms with Gasteiger partial charge in [0.15, 0.2) is 0 Å². The lowest BCUT2D eigenvalue weighted by Gasteiger charge is -2.34. The van der Waals surface area contributed by atoms with Gasteiger partial charge in [0.2, 0.25) is 5.91 Å². The minimum Gasteiger partial charge on any atom is -0.494 e. The number of benzene rings is 2. The van der Waals surface area contributed by atoms with Crippen molar-refractivity contribution in [2.24, 2.45) is 0 Å². The number of ether oxygens (including phenoxy) is 1. The van der Waals surface area contributed by atoms with Gasteiger partial charge in [-0.05, 0) is 42.8 Å². The van der Waals surface area contributed by atoms with Crippen molar-refractivity contribution in [3.63, 3.8) is 0 Å². The van der Waals surface area contributed by atoms with Crippen LogP contribution in [0.15, 0.2) is 42.5 Å². The van der Waals surface area contributed by atoms with Crippen LogP contribution in [0.25, 0.3) is 0 Å². The zero-order valence-electron chi connectivity index (χ0n) is 17.6. The smallest absolute Gasteiger partial charge is 0.252 e. The first-order valence-electron chi connectivity index (χ1n) is 10.4. The molecule has 0 spiro atoms. The summed E-state index contributed by atoms with van der Waals surface area (Å²) in [6.45, 7) is 6.58. The van der Waals surface area contributed by atoms with Crippen LogP contribution < -0.4 is 10.1 Å². The zero-order chi connectivity index (χ0) is 22.2. The summed E-state index contributed by atoms with van der Waals surface area (Å²) in [6, 6.07) is 11.7. The van der Waals surface area contributed by atoms with Crippen molar-refractivity contribution < 1.29 is 18.7 Å². The molecule has 166 valence electrons. The normalized spacial score (nSPS) is 14.4. The second-order valence-corrected chi connectivity index (χ2v) is 7.77. The predicted molar refractivity (Wildman–Crippen MR) is 118 cm³/mol. The molecule has 0 unspecified atom stereocenters. The summed E-state index contributed by atoms with van der Waals surface area (Å²) < 4.78 is 18.6. The Bertz CT molecular complexity index is 899. The first-order valence-corrected chi connectivity index (χ1v) is 10.8. The molecule has 31 heavy (non-hydrogen) atoms. The Kier molecular flexibility index (Phi) is 8.26. The standard InChI is InChI=1S/C23H27ClFN3O3/c1-2-31-19-6-3-17(4-7-19)16-27-11-13-28(14-12-27)22(29)9-10-26-23(30)20-8-5-18(25)15-21(20)24/h3-8,15H,2,9-14,16H2,1H3,(H,26,30). The third kappa shape index (κ3) is 6.67. The SMILES string of the molecule is CCOc1ccc(CN2CCN(C(=O)CCNC(=O)c3ccc(F)cc3Cl)CC2)cc1. The molecule has 0 radical (unpaired) electrons. The molecule has 2 aromatic rings. The highest BCUT2D eigenvalue weighted by molar-refractivity contribution is 6.33. The van der Waals surface area contributed by atoms with Gasteiger partial charge in [0.1, 0.15) is 11.6 Å². The molecule has 2 aromatic carbocycles. The van der Waals surface area contributed by atoms with E-state index < -0.39 is 11.7 Å². The maximum Gasteiger partial charge on any atom is 0.252 e. The summed E-state index contributed by atoms with van der Waals surface area (Å²) in [6.07, 6.45) is 0.212. The highest BCUT2D eigenvalue weighted by Gasteiger charge is 2.21. The van der Waals surface area contributed by atoms with Gasteiger partial charge in [0.25, 0.3) is 5.91 Å². The summed E-state index contributed by atoms with van der Waals surface area (Å²) in [7, 11) is 0. The summed E-state index contributed by atoms with van der Waals surface area (Å²) >= 11 is 5.89. The Morgan fingerprint density at radius 2 is 1.81 bits per heavy atom. The number of nitrogens with one attached hydrogen (secondary N) is 1. The van der Waals surface area contributed by atoms with Crippen LogP contribution in [0.1, 0.15) is 29.3 Å². The summed E-state index contributed by atoms with van der Waals surface area (Å²) in [5, 5.41) is 2.72. The molecule has 1 N–H and O–H groups in total. The number of piperazine rings is 1. The second kappa shape index (κ2) is 11.1. The molecule has 6 nitrogen and oxygen atoms in total. The first kappa shape index (κ1) is 23.0. The Labute approximate surface area is 186 Å². The molecule has 3 rings (SSSR count).